The van der Waals surface area contributed by atoms with Gasteiger partial charge in [-0.05, 0) is 24.6 Å². The molecule has 0 aliphatic carbocycles. The highest BCUT2D eigenvalue weighted by atomic mass is 16.5. The fourth-order valence-corrected chi connectivity index (χ4v) is 1.83. The van der Waals surface area contributed by atoms with Crippen LogP contribution in [0.15, 0.2) is 46.9 Å². The number of amides is 1. The van der Waals surface area contributed by atoms with E-state index in [4.69, 9.17) is 9.15 Å². The molecule has 4 nitrogen and oxygen atoms in total. The molecular weight excluding hydrogens is 254 g/mol. The predicted octanol–water partition coefficient (Wildman–Crippen LogP) is 2.76. The molecule has 0 spiro atoms. The predicted molar refractivity (Wildman–Crippen MR) is 76.0 cm³/mol. The summed E-state index contributed by atoms with van der Waals surface area (Å²) in [7, 11) is 1.74. The second kappa shape index (κ2) is 6.91. The molecule has 1 aromatic heterocycles. The molecule has 1 heterocycles. The lowest BCUT2D eigenvalue weighted by molar-refractivity contribution is -0.136. The Morgan fingerprint density at radius 3 is 2.60 bits per heavy atom. The first-order valence-corrected chi connectivity index (χ1v) is 6.56. The SMILES string of the molecule is Cc1ccc(CN(C)C(=O)COCc2ccccc2)o1. The van der Waals surface area contributed by atoms with Crippen molar-refractivity contribution in [1.82, 2.24) is 4.90 Å². The molecule has 106 valence electrons. The van der Waals surface area contributed by atoms with Gasteiger partial charge >= 0.3 is 0 Å². The third kappa shape index (κ3) is 4.24. The van der Waals surface area contributed by atoms with Crippen LogP contribution in [0.1, 0.15) is 17.1 Å². The second-order valence-electron chi connectivity index (χ2n) is 4.74. The first-order chi connectivity index (χ1) is 9.65. The molecule has 1 aromatic carbocycles. The maximum absolute atomic E-state index is 11.9. The molecule has 0 radical (unpaired) electrons. The van der Waals surface area contributed by atoms with Gasteiger partial charge in [0.2, 0.25) is 5.91 Å². The Kier molecular flexibility index (Phi) is 4.96. The number of benzene rings is 1. The third-order valence-corrected chi connectivity index (χ3v) is 2.95. The Bertz CT molecular complexity index is 548. The number of carbonyl (C=O) groups is 1. The molecule has 0 unspecified atom stereocenters. The minimum Gasteiger partial charge on any atom is -0.464 e. The highest BCUT2D eigenvalue weighted by Crippen LogP contribution is 2.09. The molecule has 4 heteroatoms. The van der Waals surface area contributed by atoms with E-state index in [0.717, 1.165) is 17.1 Å². The Morgan fingerprint density at radius 1 is 1.20 bits per heavy atom. The quantitative estimate of drug-likeness (QED) is 0.812. The van der Waals surface area contributed by atoms with E-state index in [1.54, 1.807) is 11.9 Å². The van der Waals surface area contributed by atoms with Crippen LogP contribution >= 0.6 is 0 Å². The summed E-state index contributed by atoms with van der Waals surface area (Å²) in [5.74, 6) is 1.57. The van der Waals surface area contributed by atoms with E-state index < -0.39 is 0 Å². The zero-order chi connectivity index (χ0) is 14.4. The molecular formula is C16H19NO3. The topological polar surface area (TPSA) is 42.7 Å². The first-order valence-electron chi connectivity index (χ1n) is 6.56. The molecule has 0 aliphatic heterocycles. The van der Waals surface area contributed by atoms with Gasteiger partial charge < -0.3 is 14.1 Å². The summed E-state index contributed by atoms with van der Waals surface area (Å²) in [5.41, 5.74) is 1.06. The van der Waals surface area contributed by atoms with Crippen molar-refractivity contribution < 1.29 is 13.9 Å². The molecule has 1 amide bonds. The van der Waals surface area contributed by atoms with E-state index in [1.807, 2.05) is 49.4 Å². The second-order valence-corrected chi connectivity index (χ2v) is 4.74. The normalized spacial score (nSPS) is 10.5. The molecule has 0 bridgehead atoms. The lowest BCUT2D eigenvalue weighted by Gasteiger charge is -2.15. The van der Waals surface area contributed by atoms with E-state index in [1.165, 1.54) is 0 Å². The fraction of sp³-hybridized carbons (Fsp3) is 0.312. The summed E-state index contributed by atoms with van der Waals surface area (Å²) in [6.07, 6.45) is 0. The van der Waals surface area contributed by atoms with Crippen LogP contribution in [0, 0.1) is 6.92 Å². The van der Waals surface area contributed by atoms with Gasteiger partial charge in [0.25, 0.3) is 0 Å². The molecule has 0 saturated carbocycles. The number of ether oxygens (including phenoxy) is 1. The van der Waals surface area contributed by atoms with Crippen LogP contribution in [0.2, 0.25) is 0 Å². The number of hydrogen-bond acceptors (Lipinski definition) is 3. The number of furan rings is 1. The van der Waals surface area contributed by atoms with Crippen LogP contribution in [-0.4, -0.2) is 24.5 Å². The van der Waals surface area contributed by atoms with Crippen molar-refractivity contribution in [3.8, 4) is 0 Å². The van der Waals surface area contributed by atoms with Gasteiger partial charge in [-0.15, -0.1) is 0 Å². The molecule has 20 heavy (non-hydrogen) atoms. The molecule has 0 fully saturated rings. The third-order valence-electron chi connectivity index (χ3n) is 2.95. The Balaban J connectivity index is 1.74. The lowest BCUT2D eigenvalue weighted by Crippen LogP contribution is -2.29. The number of hydrogen-bond donors (Lipinski definition) is 0. The van der Waals surface area contributed by atoms with E-state index in [-0.39, 0.29) is 12.5 Å². The smallest absolute Gasteiger partial charge is 0.248 e. The monoisotopic (exact) mass is 273 g/mol. The number of nitrogens with zero attached hydrogens (tertiary/aromatic N) is 1. The highest BCUT2D eigenvalue weighted by molar-refractivity contribution is 5.77. The van der Waals surface area contributed by atoms with Crippen molar-refractivity contribution in [3.63, 3.8) is 0 Å². The van der Waals surface area contributed by atoms with Crippen LogP contribution in [0.4, 0.5) is 0 Å². The summed E-state index contributed by atoms with van der Waals surface area (Å²) < 4.78 is 10.9. The van der Waals surface area contributed by atoms with E-state index in [0.29, 0.717) is 13.2 Å². The number of rotatable bonds is 6. The van der Waals surface area contributed by atoms with Crippen LogP contribution in [0.3, 0.4) is 0 Å². The van der Waals surface area contributed by atoms with Gasteiger partial charge in [0.15, 0.2) is 0 Å². The van der Waals surface area contributed by atoms with Crippen molar-refractivity contribution >= 4 is 5.91 Å². The summed E-state index contributed by atoms with van der Waals surface area (Å²) in [5, 5.41) is 0. The maximum Gasteiger partial charge on any atom is 0.248 e. The minimum absolute atomic E-state index is 0.0602. The van der Waals surface area contributed by atoms with E-state index in [2.05, 4.69) is 0 Å². The van der Waals surface area contributed by atoms with Crippen LogP contribution in [0.5, 0.6) is 0 Å². The molecule has 2 aromatic rings. The largest absolute Gasteiger partial charge is 0.464 e. The highest BCUT2D eigenvalue weighted by Gasteiger charge is 2.11. The Labute approximate surface area is 119 Å². The van der Waals surface area contributed by atoms with Gasteiger partial charge in [-0.1, -0.05) is 30.3 Å². The lowest BCUT2D eigenvalue weighted by atomic mass is 10.2. The van der Waals surface area contributed by atoms with Crippen molar-refractivity contribution in [3.05, 3.63) is 59.5 Å². The summed E-state index contributed by atoms with van der Waals surface area (Å²) >= 11 is 0. The van der Waals surface area contributed by atoms with E-state index >= 15 is 0 Å². The average molecular weight is 273 g/mol. The summed E-state index contributed by atoms with van der Waals surface area (Å²) in [6.45, 7) is 2.86. The van der Waals surface area contributed by atoms with Gasteiger partial charge in [-0.3, -0.25) is 4.79 Å². The van der Waals surface area contributed by atoms with Crippen molar-refractivity contribution in [2.24, 2.45) is 0 Å². The average Bonchev–Trinajstić information content (AvgIpc) is 2.85. The summed E-state index contributed by atoms with van der Waals surface area (Å²) in [4.78, 5) is 13.5. The number of carbonyl (C=O) groups excluding carboxylic acids is 1. The van der Waals surface area contributed by atoms with Crippen LogP contribution < -0.4 is 0 Å². The van der Waals surface area contributed by atoms with E-state index in [9.17, 15) is 4.79 Å². The fourth-order valence-electron chi connectivity index (χ4n) is 1.83. The zero-order valence-electron chi connectivity index (χ0n) is 11.8. The number of aryl methyl sites for hydroxylation is 1. The maximum atomic E-state index is 11.9. The molecule has 2 rings (SSSR count). The Morgan fingerprint density at radius 2 is 1.95 bits per heavy atom. The molecule has 0 N–H and O–H groups in total. The van der Waals surface area contributed by atoms with Crippen molar-refractivity contribution in [2.45, 2.75) is 20.1 Å². The minimum atomic E-state index is -0.0602. The van der Waals surface area contributed by atoms with Gasteiger partial charge in [0.05, 0.1) is 13.2 Å². The van der Waals surface area contributed by atoms with Gasteiger partial charge in [0, 0.05) is 7.05 Å². The summed E-state index contributed by atoms with van der Waals surface area (Å²) in [6, 6.07) is 13.6. The zero-order valence-corrected chi connectivity index (χ0v) is 11.8. The Hall–Kier alpha value is -2.07. The number of likely N-dealkylation sites (N-methyl/N-ethyl adjacent to an activating group) is 1. The van der Waals surface area contributed by atoms with Gasteiger partial charge in [-0.25, -0.2) is 0 Å². The first kappa shape index (κ1) is 14.3. The molecule has 0 atom stereocenters. The van der Waals surface area contributed by atoms with Gasteiger partial charge in [0.1, 0.15) is 18.1 Å². The van der Waals surface area contributed by atoms with Crippen molar-refractivity contribution in [1.29, 1.82) is 0 Å². The van der Waals surface area contributed by atoms with Crippen LogP contribution in [0.25, 0.3) is 0 Å². The van der Waals surface area contributed by atoms with Crippen LogP contribution in [-0.2, 0) is 22.7 Å². The van der Waals surface area contributed by atoms with Crippen molar-refractivity contribution in [2.75, 3.05) is 13.7 Å². The molecule has 0 saturated heterocycles. The molecule has 0 aliphatic rings. The van der Waals surface area contributed by atoms with Gasteiger partial charge in [-0.2, -0.15) is 0 Å². The standard InChI is InChI=1S/C16H19NO3/c1-13-8-9-15(20-13)10-17(2)16(18)12-19-11-14-6-4-3-5-7-14/h3-9H,10-12H2,1-2H3.